The van der Waals surface area contributed by atoms with Crippen molar-refractivity contribution in [2.45, 2.75) is 52.5 Å². The number of aliphatic hydroxyl groups is 1. The van der Waals surface area contributed by atoms with E-state index in [-0.39, 0.29) is 12.5 Å². The van der Waals surface area contributed by atoms with Crippen LogP contribution in [0, 0.1) is 5.41 Å². The second-order valence-corrected chi connectivity index (χ2v) is 5.57. The standard InChI is InChI=1S/C15H25NO3/c1-4-5-6-9-15(2,3)14(18)16-12(11-17)13-8-7-10-19-13/h7-8,10,12,17H,4-6,9,11H2,1-3H3,(H,16,18). The van der Waals surface area contributed by atoms with E-state index in [1.807, 2.05) is 13.8 Å². The number of hydrogen-bond donors (Lipinski definition) is 2. The monoisotopic (exact) mass is 267 g/mol. The highest BCUT2D eigenvalue weighted by Gasteiger charge is 2.29. The van der Waals surface area contributed by atoms with Gasteiger partial charge in [-0.3, -0.25) is 4.79 Å². The van der Waals surface area contributed by atoms with Crippen molar-refractivity contribution < 1.29 is 14.3 Å². The largest absolute Gasteiger partial charge is 0.467 e. The average molecular weight is 267 g/mol. The van der Waals surface area contributed by atoms with Crippen LogP contribution in [0.4, 0.5) is 0 Å². The highest BCUT2D eigenvalue weighted by Crippen LogP contribution is 2.25. The van der Waals surface area contributed by atoms with Crippen LogP contribution in [-0.2, 0) is 4.79 Å². The lowest BCUT2D eigenvalue weighted by atomic mass is 9.85. The number of unbranched alkanes of at least 4 members (excludes halogenated alkanes) is 2. The highest BCUT2D eigenvalue weighted by molar-refractivity contribution is 5.82. The number of amides is 1. The summed E-state index contributed by atoms with van der Waals surface area (Å²) in [6.07, 6.45) is 5.71. The molecular formula is C15H25NO3. The van der Waals surface area contributed by atoms with Crippen molar-refractivity contribution in [2.24, 2.45) is 5.41 Å². The van der Waals surface area contributed by atoms with Crippen molar-refractivity contribution in [1.82, 2.24) is 5.32 Å². The Morgan fingerprint density at radius 2 is 2.21 bits per heavy atom. The molecule has 1 atom stereocenters. The topological polar surface area (TPSA) is 62.5 Å². The van der Waals surface area contributed by atoms with E-state index < -0.39 is 11.5 Å². The molecule has 0 saturated heterocycles. The van der Waals surface area contributed by atoms with Crippen molar-refractivity contribution in [3.63, 3.8) is 0 Å². The zero-order chi connectivity index (χ0) is 14.3. The predicted molar refractivity (Wildman–Crippen MR) is 74.6 cm³/mol. The molecule has 19 heavy (non-hydrogen) atoms. The molecule has 1 aromatic heterocycles. The Labute approximate surface area is 115 Å². The fraction of sp³-hybridized carbons (Fsp3) is 0.667. The molecular weight excluding hydrogens is 242 g/mol. The summed E-state index contributed by atoms with van der Waals surface area (Å²) >= 11 is 0. The van der Waals surface area contributed by atoms with Gasteiger partial charge in [0, 0.05) is 5.41 Å². The zero-order valence-corrected chi connectivity index (χ0v) is 12.1. The third-order valence-corrected chi connectivity index (χ3v) is 3.39. The smallest absolute Gasteiger partial charge is 0.226 e. The van der Waals surface area contributed by atoms with Gasteiger partial charge in [-0.2, -0.15) is 0 Å². The average Bonchev–Trinajstić information content (AvgIpc) is 2.89. The first-order chi connectivity index (χ1) is 9.01. The SMILES string of the molecule is CCCCCC(C)(C)C(=O)NC(CO)c1ccco1. The number of rotatable bonds is 8. The third kappa shape index (κ3) is 4.71. The summed E-state index contributed by atoms with van der Waals surface area (Å²) in [5, 5.41) is 12.2. The molecule has 4 nitrogen and oxygen atoms in total. The minimum atomic E-state index is -0.465. The predicted octanol–water partition coefficient (Wildman–Crippen LogP) is 3.04. The Morgan fingerprint density at radius 3 is 2.74 bits per heavy atom. The quantitative estimate of drug-likeness (QED) is 0.712. The Balaban J connectivity index is 2.56. The van der Waals surface area contributed by atoms with Gasteiger partial charge in [0.1, 0.15) is 11.8 Å². The molecule has 108 valence electrons. The molecule has 1 amide bonds. The zero-order valence-electron chi connectivity index (χ0n) is 12.1. The summed E-state index contributed by atoms with van der Waals surface area (Å²) in [4.78, 5) is 12.3. The lowest BCUT2D eigenvalue weighted by Gasteiger charge is -2.26. The van der Waals surface area contributed by atoms with Crippen LogP contribution in [0.25, 0.3) is 0 Å². The van der Waals surface area contributed by atoms with Crippen LogP contribution in [0.15, 0.2) is 22.8 Å². The van der Waals surface area contributed by atoms with E-state index in [1.54, 1.807) is 12.1 Å². The van der Waals surface area contributed by atoms with Crippen LogP contribution < -0.4 is 5.32 Å². The molecule has 0 aliphatic rings. The van der Waals surface area contributed by atoms with Gasteiger partial charge in [0.25, 0.3) is 0 Å². The molecule has 0 aromatic carbocycles. The van der Waals surface area contributed by atoms with E-state index in [9.17, 15) is 9.90 Å². The molecule has 1 aromatic rings. The van der Waals surface area contributed by atoms with Crippen LogP contribution >= 0.6 is 0 Å². The van der Waals surface area contributed by atoms with Crippen LogP contribution in [0.3, 0.4) is 0 Å². The van der Waals surface area contributed by atoms with Gasteiger partial charge in [-0.05, 0) is 18.6 Å². The summed E-state index contributed by atoms with van der Waals surface area (Å²) < 4.78 is 5.22. The van der Waals surface area contributed by atoms with Gasteiger partial charge in [-0.1, -0.05) is 40.0 Å². The van der Waals surface area contributed by atoms with Crippen molar-refractivity contribution in [2.75, 3.05) is 6.61 Å². The Morgan fingerprint density at radius 1 is 1.47 bits per heavy atom. The third-order valence-electron chi connectivity index (χ3n) is 3.39. The second kappa shape index (κ2) is 7.34. The van der Waals surface area contributed by atoms with Gasteiger partial charge in [0.05, 0.1) is 12.9 Å². The molecule has 0 aliphatic carbocycles. The molecule has 1 rings (SSSR count). The van der Waals surface area contributed by atoms with E-state index >= 15 is 0 Å². The van der Waals surface area contributed by atoms with Crippen molar-refractivity contribution in [1.29, 1.82) is 0 Å². The van der Waals surface area contributed by atoms with Crippen LogP contribution in [0.2, 0.25) is 0 Å². The van der Waals surface area contributed by atoms with E-state index in [1.165, 1.54) is 6.26 Å². The molecule has 1 heterocycles. The van der Waals surface area contributed by atoms with E-state index in [2.05, 4.69) is 12.2 Å². The van der Waals surface area contributed by atoms with Crippen molar-refractivity contribution in [3.8, 4) is 0 Å². The number of nitrogens with one attached hydrogen (secondary N) is 1. The van der Waals surface area contributed by atoms with Crippen molar-refractivity contribution in [3.05, 3.63) is 24.2 Å². The maximum Gasteiger partial charge on any atom is 0.226 e. The highest BCUT2D eigenvalue weighted by atomic mass is 16.3. The summed E-state index contributed by atoms with van der Waals surface area (Å²) in [5.74, 6) is 0.541. The van der Waals surface area contributed by atoms with Gasteiger partial charge in [-0.25, -0.2) is 0 Å². The summed E-state index contributed by atoms with van der Waals surface area (Å²) in [6.45, 7) is 5.86. The molecule has 0 radical (unpaired) electrons. The number of carbonyl (C=O) groups excluding carboxylic acids is 1. The fourth-order valence-corrected chi connectivity index (χ4v) is 1.98. The molecule has 1 unspecified atom stereocenters. The Hall–Kier alpha value is -1.29. The first-order valence-electron chi connectivity index (χ1n) is 6.96. The molecule has 2 N–H and O–H groups in total. The lowest BCUT2D eigenvalue weighted by Crippen LogP contribution is -2.40. The van der Waals surface area contributed by atoms with E-state index in [4.69, 9.17) is 4.42 Å². The van der Waals surface area contributed by atoms with Gasteiger partial charge in [0.15, 0.2) is 0 Å². The van der Waals surface area contributed by atoms with Gasteiger partial charge < -0.3 is 14.8 Å². The van der Waals surface area contributed by atoms with E-state index in [0.29, 0.717) is 5.76 Å². The van der Waals surface area contributed by atoms with Crippen molar-refractivity contribution >= 4 is 5.91 Å². The van der Waals surface area contributed by atoms with E-state index in [0.717, 1.165) is 25.7 Å². The molecule has 0 saturated carbocycles. The summed E-state index contributed by atoms with van der Waals surface area (Å²) in [5.41, 5.74) is -0.421. The Bertz CT molecular complexity index is 371. The number of carbonyl (C=O) groups is 1. The maximum atomic E-state index is 12.3. The first-order valence-corrected chi connectivity index (χ1v) is 6.96. The minimum absolute atomic E-state index is 0.0425. The minimum Gasteiger partial charge on any atom is -0.467 e. The molecule has 0 aliphatic heterocycles. The Kier molecular flexibility index (Phi) is 6.09. The number of aliphatic hydroxyl groups excluding tert-OH is 1. The molecule has 0 spiro atoms. The van der Waals surface area contributed by atoms with Gasteiger partial charge >= 0.3 is 0 Å². The normalized spacial score (nSPS) is 13.3. The van der Waals surface area contributed by atoms with Crippen LogP contribution in [-0.4, -0.2) is 17.6 Å². The van der Waals surface area contributed by atoms with Crippen LogP contribution in [0.5, 0.6) is 0 Å². The maximum absolute atomic E-state index is 12.3. The fourth-order valence-electron chi connectivity index (χ4n) is 1.98. The number of hydrogen-bond acceptors (Lipinski definition) is 3. The molecule has 0 fully saturated rings. The summed E-state index contributed by atoms with van der Waals surface area (Å²) in [7, 11) is 0. The number of furan rings is 1. The van der Waals surface area contributed by atoms with Gasteiger partial charge in [0.2, 0.25) is 5.91 Å². The first kappa shape index (κ1) is 15.8. The van der Waals surface area contributed by atoms with Gasteiger partial charge in [-0.15, -0.1) is 0 Å². The lowest BCUT2D eigenvalue weighted by molar-refractivity contribution is -0.131. The summed E-state index contributed by atoms with van der Waals surface area (Å²) in [6, 6.07) is 3.04. The van der Waals surface area contributed by atoms with Crippen LogP contribution in [0.1, 0.15) is 58.3 Å². The second-order valence-electron chi connectivity index (χ2n) is 5.57. The molecule has 0 bridgehead atoms. The molecule has 4 heteroatoms.